The van der Waals surface area contributed by atoms with Crippen LogP contribution in [0.1, 0.15) is 5.69 Å². The molecule has 0 unspecified atom stereocenters. The summed E-state index contributed by atoms with van der Waals surface area (Å²) >= 11 is 5.01. The van der Waals surface area contributed by atoms with E-state index < -0.39 is 0 Å². The van der Waals surface area contributed by atoms with Gasteiger partial charge in [0.1, 0.15) is 5.82 Å². The van der Waals surface area contributed by atoms with Crippen LogP contribution in [0.15, 0.2) is 47.7 Å². The van der Waals surface area contributed by atoms with Crippen molar-refractivity contribution in [3.63, 3.8) is 0 Å². The highest BCUT2D eigenvalue weighted by atomic mass is 32.1. The predicted molar refractivity (Wildman–Crippen MR) is 74.1 cm³/mol. The molecule has 0 aliphatic heterocycles. The number of nitrogens with zero attached hydrogens (tertiary/aromatic N) is 1. The Morgan fingerprint density at radius 1 is 1.33 bits per heavy atom. The molecule has 2 rings (SSSR count). The Bertz CT molecular complexity index is 551. The minimum absolute atomic E-state index is 0.295. The molecule has 0 spiro atoms. The van der Waals surface area contributed by atoms with E-state index in [9.17, 15) is 4.39 Å². The molecule has 1 heterocycles. The SMILES string of the molecule is Fc1cccc(NC(=S)NN=Cc2ccc[nH]2)c1. The topological polar surface area (TPSA) is 52.2 Å². The number of nitrogens with one attached hydrogen (secondary N) is 3. The normalized spacial score (nSPS) is 10.5. The lowest BCUT2D eigenvalue weighted by Gasteiger charge is -2.06. The van der Waals surface area contributed by atoms with E-state index >= 15 is 0 Å². The summed E-state index contributed by atoms with van der Waals surface area (Å²) in [5.41, 5.74) is 4.07. The van der Waals surface area contributed by atoms with Gasteiger partial charge in [-0.3, -0.25) is 5.43 Å². The summed E-state index contributed by atoms with van der Waals surface area (Å²) in [6.07, 6.45) is 3.39. The average Bonchev–Trinajstić information content (AvgIpc) is 2.82. The van der Waals surface area contributed by atoms with Gasteiger partial charge < -0.3 is 10.3 Å². The third-order valence-electron chi connectivity index (χ3n) is 2.07. The fraction of sp³-hybridized carbons (Fsp3) is 0. The third-order valence-corrected chi connectivity index (χ3v) is 2.27. The molecule has 1 aromatic carbocycles. The Kier molecular flexibility index (Phi) is 4.03. The highest BCUT2D eigenvalue weighted by Gasteiger charge is 1.97. The zero-order valence-electron chi connectivity index (χ0n) is 9.35. The predicted octanol–water partition coefficient (Wildman–Crippen LogP) is 2.47. The van der Waals surface area contributed by atoms with E-state index in [0.29, 0.717) is 10.8 Å². The van der Waals surface area contributed by atoms with Gasteiger partial charge in [0.05, 0.1) is 11.9 Å². The van der Waals surface area contributed by atoms with Gasteiger partial charge in [-0.05, 0) is 42.5 Å². The Morgan fingerprint density at radius 2 is 2.22 bits per heavy atom. The van der Waals surface area contributed by atoms with Gasteiger partial charge in [-0.2, -0.15) is 5.10 Å². The van der Waals surface area contributed by atoms with E-state index in [1.165, 1.54) is 12.1 Å². The van der Waals surface area contributed by atoms with Crippen LogP contribution in [0, 0.1) is 5.82 Å². The molecule has 0 aliphatic carbocycles. The standard InChI is InChI=1S/C12H11FN4S/c13-9-3-1-4-10(7-9)16-12(18)17-15-8-11-5-2-6-14-11/h1-8,14H,(H2,16,17,18). The van der Waals surface area contributed by atoms with Gasteiger partial charge in [0.15, 0.2) is 5.11 Å². The van der Waals surface area contributed by atoms with E-state index in [2.05, 4.69) is 20.8 Å². The van der Waals surface area contributed by atoms with Gasteiger partial charge >= 0.3 is 0 Å². The lowest BCUT2D eigenvalue weighted by molar-refractivity contribution is 0.628. The molecule has 0 radical (unpaired) electrons. The van der Waals surface area contributed by atoms with Gasteiger partial charge in [-0.25, -0.2) is 4.39 Å². The molecule has 1 aromatic heterocycles. The number of H-pyrrole nitrogens is 1. The minimum Gasteiger partial charge on any atom is -0.360 e. The first-order valence-electron chi connectivity index (χ1n) is 5.23. The molecule has 3 N–H and O–H groups in total. The number of anilines is 1. The van der Waals surface area contributed by atoms with E-state index in [4.69, 9.17) is 12.2 Å². The number of halogens is 1. The van der Waals surface area contributed by atoms with E-state index in [1.54, 1.807) is 24.5 Å². The Hall–Kier alpha value is -2.21. The van der Waals surface area contributed by atoms with Crippen molar-refractivity contribution < 1.29 is 4.39 Å². The minimum atomic E-state index is -0.322. The molecule has 0 atom stereocenters. The summed E-state index contributed by atoms with van der Waals surface area (Å²) in [4.78, 5) is 2.97. The Labute approximate surface area is 109 Å². The molecule has 0 saturated heterocycles. The van der Waals surface area contributed by atoms with Crippen LogP contribution in [0.5, 0.6) is 0 Å². The number of aromatic nitrogens is 1. The number of rotatable bonds is 3. The van der Waals surface area contributed by atoms with E-state index in [-0.39, 0.29) is 5.82 Å². The van der Waals surface area contributed by atoms with Crippen LogP contribution in [-0.2, 0) is 0 Å². The summed E-state index contributed by atoms with van der Waals surface area (Å²) in [5, 5.41) is 7.04. The van der Waals surface area contributed by atoms with Crippen molar-refractivity contribution in [1.82, 2.24) is 10.4 Å². The highest BCUT2D eigenvalue weighted by molar-refractivity contribution is 7.80. The van der Waals surface area contributed by atoms with Gasteiger partial charge in [-0.15, -0.1) is 0 Å². The molecule has 4 nitrogen and oxygen atoms in total. The van der Waals surface area contributed by atoms with Crippen molar-refractivity contribution in [3.8, 4) is 0 Å². The van der Waals surface area contributed by atoms with Crippen LogP contribution in [0.4, 0.5) is 10.1 Å². The van der Waals surface area contributed by atoms with Crippen LogP contribution >= 0.6 is 12.2 Å². The number of hydrogen-bond donors (Lipinski definition) is 3. The second kappa shape index (κ2) is 5.92. The first kappa shape index (κ1) is 12.3. The molecule has 2 aromatic rings. The first-order valence-corrected chi connectivity index (χ1v) is 5.64. The summed E-state index contributed by atoms with van der Waals surface area (Å²) < 4.78 is 12.9. The number of thiocarbonyl (C=S) groups is 1. The first-order chi connectivity index (χ1) is 8.74. The van der Waals surface area contributed by atoms with Crippen molar-refractivity contribution in [3.05, 3.63) is 54.1 Å². The van der Waals surface area contributed by atoms with E-state index in [0.717, 1.165) is 5.69 Å². The number of benzene rings is 1. The lowest BCUT2D eigenvalue weighted by Crippen LogP contribution is -2.23. The van der Waals surface area contributed by atoms with Crippen molar-refractivity contribution in [2.24, 2.45) is 5.10 Å². The molecule has 0 amide bonds. The maximum atomic E-state index is 12.9. The van der Waals surface area contributed by atoms with Crippen LogP contribution in [0.25, 0.3) is 0 Å². The largest absolute Gasteiger partial charge is 0.360 e. The van der Waals surface area contributed by atoms with Gasteiger partial charge in [-0.1, -0.05) is 6.07 Å². The summed E-state index contributed by atoms with van der Waals surface area (Å²) in [5.74, 6) is -0.322. The fourth-order valence-electron chi connectivity index (χ4n) is 1.31. The van der Waals surface area contributed by atoms with Crippen LogP contribution in [-0.4, -0.2) is 16.3 Å². The van der Waals surface area contributed by atoms with Crippen molar-refractivity contribution in [2.75, 3.05) is 5.32 Å². The maximum absolute atomic E-state index is 12.9. The number of hydrogen-bond acceptors (Lipinski definition) is 2. The molecule has 18 heavy (non-hydrogen) atoms. The zero-order chi connectivity index (χ0) is 12.8. The van der Waals surface area contributed by atoms with Crippen molar-refractivity contribution in [1.29, 1.82) is 0 Å². The quantitative estimate of drug-likeness (QED) is 0.452. The van der Waals surface area contributed by atoms with Crippen molar-refractivity contribution >= 4 is 29.2 Å². The smallest absolute Gasteiger partial charge is 0.191 e. The molecule has 0 aliphatic rings. The fourth-order valence-corrected chi connectivity index (χ4v) is 1.48. The Balaban J connectivity index is 1.86. The van der Waals surface area contributed by atoms with Crippen LogP contribution in [0.3, 0.4) is 0 Å². The molecular weight excluding hydrogens is 251 g/mol. The van der Waals surface area contributed by atoms with Crippen molar-refractivity contribution in [2.45, 2.75) is 0 Å². The van der Waals surface area contributed by atoms with E-state index in [1.807, 2.05) is 12.1 Å². The summed E-state index contributed by atoms with van der Waals surface area (Å²) in [6.45, 7) is 0. The van der Waals surface area contributed by atoms with Gasteiger partial charge in [0.2, 0.25) is 0 Å². The second-order valence-electron chi connectivity index (χ2n) is 3.46. The second-order valence-corrected chi connectivity index (χ2v) is 3.87. The lowest BCUT2D eigenvalue weighted by atomic mass is 10.3. The number of hydrazone groups is 1. The summed E-state index contributed by atoms with van der Waals surface area (Å²) in [6, 6.07) is 9.76. The molecular formula is C12H11FN4S. The molecule has 0 bridgehead atoms. The van der Waals surface area contributed by atoms with Crippen LogP contribution in [0.2, 0.25) is 0 Å². The molecule has 0 saturated carbocycles. The molecule has 92 valence electrons. The van der Waals surface area contributed by atoms with Gasteiger partial charge in [0.25, 0.3) is 0 Å². The highest BCUT2D eigenvalue weighted by Crippen LogP contribution is 2.08. The third kappa shape index (κ3) is 3.67. The maximum Gasteiger partial charge on any atom is 0.191 e. The zero-order valence-corrected chi connectivity index (χ0v) is 10.2. The Morgan fingerprint density at radius 3 is 2.94 bits per heavy atom. The van der Waals surface area contributed by atoms with Crippen LogP contribution < -0.4 is 10.7 Å². The monoisotopic (exact) mass is 262 g/mol. The summed E-state index contributed by atoms with van der Waals surface area (Å²) in [7, 11) is 0. The average molecular weight is 262 g/mol. The molecule has 6 heteroatoms. The van der Waals surface area contributed by atoms with Gasteiger partial charge in [0, 0.05) is 11.9 Å². The molecule has 0 fully saturated rings. The number of aromatic amines is 1.